The Morgan fingerprint density at radius 2 is 2.12 bits per heavy atom. The highest BCUT2D eigenvalue weighted by Gasteiger charge is 2.16. The van der Waals surface area contributed by atoms with Crippen LogP contribution in [-0.4, -0.2) is 16.6 Å². The average Bonchev–Trinajstić information content (AvgIpc) is 2.68. The van der Waals surface area contributed by atoms with Gasteiger partial charge in [-0.1, -0.05) is 13.0 Å². The number of nitrogens with zero attached hydrogens (tertiary/aromatic N) is 2. The molecule has 0 fully saturated rings. The van der Waals surface area contributed by atoms with Gasteiger partial charge in [-0.3, -0.25) is 0 Å². The van der Waals surface area contributed by atoms with Crippen molar-refractivity contribution in [2.45, 2.75) is 39.8 Å². The lowest BCUT2D eigenvalue weighted by atomic mass is 10.2. The molecule has 0 saturated carbocycles. The molecule has 0 saturated heterocycles. The maximum absolute atomic E-state index is 4.79. The molecule has 0 aliphatic carbocycles. The molecule has 2 rings (SSSR count). The Morgan fingerprint density at radius 3 is 2.71 bits per heavy atom. The van der Waals surface area contributed by atoms with E-state index in [1.165, 1.54) is 11.1 Å². The molecule has 0 spiro atoms. The van der Waals surface area contributed by atoms with E-state index in [2.05, 4.69) is 48.9 Å². The highest BCUT2D eigenvalue weighted by atomic mass is 15.1. The molecule has 92 valence electrons. The Kier molecular flexibility index (Phi) is 3.48. The second-order valence-electron chi connectivity index (χ2n) is 4.46. The summed E-state index contributed by atoms with van der Waals surface area (Å²) in [6, 6.07) is 6.82. The lowest BCUT2D eigenvalue weighted by Gasteiger charge is -2.15. The van der Waals surface area contributed by atoms with Gasteiger partial charge >= 0.3 is 0 Å². The first kappa shape index (κ1) is 12.1. The van der Waals surface area contributed by atoms with Crippen LogP contribution in [0, 0.1) is 6.92 Å². The summed E-state index contributed by atoms with van der Waals surface area (Å²) in [5, 5.41) is 3.33. The highest BCUT2D eigenvalue weighted by Crippen LogP contribution is 2.23. The number of hydrogen-bond acceptors (Lipinski definition) is 2. The van der Waals surface area contributed by atoms with E-state index in [1.54, 1.807) is 0 Å². The number of rotatable bonds is 4. The molecule has 1 aromatic carbocycles. The number of aryl methyl sites for hydroxylation is 2. The third kappa shape index (κ3) is 2.07. The van der Waals surface area contributed by atoms with E-state index < -0.39 is 0 Å². The van der Waals surface area contributed by atoms with E-state index in [9.17, 15) is 0 Å². The minimum atomic E-state index is 0.336. The Balaban J connectivity index is 2.62. The van der Waals surface area contributed by atoms with E-state index >= 15 is 0 Å². The molecule has 0 radical (unpaired) electrons. The summed E-state index contributed by atoms with van der Waals surface area (Å²) in [7, 11) is 2.00. The fourth-order valence-corrected chi connectivity index (χ4v) is 2.37. The van der Waals surface area contributed by atoms with Gasteiger partial charge in [-0.2, -0.15) is 0 Å². The summed E-state index contributed by atoms with van der Waals surface area (Å²) in [6.45, 7) is 7.44. The standard InChI is InChI=1S/C14H21N3/c1-5-11(15-4)14-16-12-9-10(3)7-8-13(12)17(14)6-2/h7-9,11,15H,5-6H2,1-4H3. The van der Waals surface area contributed by atoms with Crippen LogP contribution >= 0.6 is 0 Å². The third-order valence-electron chi connectivity index (χ3n) is 3.32. The first-order chi connectivity index (χ1) is 8.21. The van der Waals surface area contributed by atoms with Crippen LogP contribution in [0.15, 0.2) is 18.2 Å². The van der Waals surface area contributed by atoms with Crippen molar-refractivity contribution >= 4 is 11.0 Å². The fourth-order valence-electron chi connectivity index (χ4n) is 2.37. The normalized spacial score (nSPS) is 13.2. The van der Waals surface area contributed by atoms with Gasteiger partial charge < -0.3 is 9.88 Å². The van der Waals surface area contributed by atoms with Gasteiger partial charge in [0.1, 0.15) is 5.82 Å². The van der Waals surface area contributed by atoms with Gasteiger partial charge in [0.2, 0.25) is 0 Å². The van der Waals surface area contributed by atoms with Crippen molar-refractivity contribution in [1.29, 1.82) is 0 Å². The molecule has 0 aliphatic rings. The number of aromatic nitrogens is 2. The molecule has 0 aliphatic heterocycles. The van der Waals surface area contributed by atoms with Gasteiger partial charge in [0.05, 0.1) is 17.1 Å². The van der Waals surface area contributed by atoms with Gasteiger partial charge in [-0.15, -0.1) is 0 Å². The second kappa shape index (κ2) is 4.88. The highest BCUT2D eigenvalue weighted by molar-refractivity contribution is 5.77. The molecule has 1 atom stereocenters. The third-order valence-corrected chi connectivity index (χ3v) is 3.32. The maximum Gasteiger partial charge on any atom is 0.127 e. The largest absolute Gasteiger partial charge is 0.327 e. The summed E-state index contributed by atoms with van der Waals surface area (Å²) in [5.41, 5.74) is 3.61. The van der Waals surface area contributed by atoms with Crippen LogP contribution in [0.4, 0.5) is 0 Å². The number of benzene rings is 1. The predicted molar refractivity (Wildman–Crippen MR) is 72.2 cm³/mol. The van der Waals surface area contributed by atoms with Gasteiger partial charge in [0.15, 0.2) is 0 Å². The van der Waals surface area contributed by atoms with Crippen molar-refractivity contribution in [2.75, 3.05) is 7.05 Å². The van der Waals surface area contributed by atoms with Crippen molar-refractivity contribution in [2.24, 2.45) is 0 Å². The van der Waals surface area contributed by atoms with E-state index in [4.69, 9.17) is 4.98 Å². The molecule has 17 heavy (non-hydrogen) atoms. The summed E-state index contributed by atoms with van der Waals surface area (Å²) in [4.78, 5) is 4.79. The first-order valence-electron chi connectivity index (χ1n) is 6.35. The van der Waals surface area contributed by atoms with Crippen LogP contribution in [0.5, 0.6) is 0 Å². The van der Waals surface area contributed by atoms with E-state index in [-0.39, 0.29) is 0 Å². The predicted octanol–water partition coefficient (Wildman–Crippen LogP) is 3.04. The molecular formula is C14H21N3. The summed E-state index contributed by atoms with van der Waals surface area (Å²) in [6.07, 6.45) is 1.05. The first-order valence-corrected chi connectivity index (χ1v) is 6.35. The van der Waals surface area contributed by atoms with Gasteiger partial charge in [0.25, 0.3) is 0 Å². The molecule has 1 unspecified atom stereocenters. The zero-order valence-corrected chi connectivity index (χ0v) is 11.1. The Hall–Kier alpha value is -1.35. The van der Waals surface area contributed by atoms with Gasteiger partial charge in [0, 0.05) is 6.54 Å². The summed E-state index contributed by atoms with van der Waals surface area (Å²) >= 11 is 0. The van der Waals surface area contributed by atoms with E-state index in [0.717, 1.165) is 24.3 Å². The lowest BCUT2D eigenvalue weighted by molar-refractivity contribution is 0.517. The molecule has 3 heteroatoms. The molecule has 0 amide bonds. The van der Waals surface area contributed by atoms with Crippen LogP contribution < -0.4 is 5.32 Å². The van der Waals surface area contributed by atoms with Gasteiger partial charge in [-0.05, 0) is 45.0 Å². The Bertz CT molecular complexity index is 509. The molecule has 1 aromatic heterocycles. The van der Waals surface area contributed by atoms with Crippen molar-refractivity contribution in [3.05, 3.63) is 29.6 Å². The average molecular weight is 231 g/mol. The number of imidazole rings is 1. The maximum atomic E-state index is 4.79. The topological polar surface area (TPSA) is 29.9 Å². The molecule has 2 aromatic rings. The van der Waals surface area contributed by atoms with Crippen LogP contribution in [-0.2, 0) is 6.54 Å². The fraction of sp³-hybridized carbons (Fsp3) is 0.500. The molecule has 1 heterocycles. The summed E-state index contributed by atoms with van der Waals surface area (Å²) in [5.74, 6) is 1.15. The lowest BCUT2D eigenvalue weighted by Crippen LogP contribution is -2.19. The molecule has 3 nitrogen and oxygen atoms in total. The van der Waals surface area contributed by atoms with E-state index in [0.29, 0.717) is 6.04 Å². The van der Waals surface area contributed by atoms with Crippen molar-refractivity contribution in [3.8, 4) is 0 Å². The Morgan fingerprint density at radius 1 is 1.35 bits per heavy atom. The minimum Gasteiger partial charge on any atom is -0.327 e. The number of hydrogen-bond donors (Lipinski definition) is 1. The SMILES string of the molecule is CCC(NC)c1nc2cc(C)ccc2n1CC. The van der Waals surface area contributed by atoms with Crippen LogP contribution in [0.1, 0.15) is 37.7 Å². The summed E-state index contributed by atoms with van der Waals surface area (Å²) < 4.78 is 2.30. The second-order valence-corrected chi connectivity index (χ2v) is 4.46. The molecule has 1 N–H and O–H groups in total. The monoisotopic (exact) mass is 231 g/mol. The zero-order valence-electron chi connectivity index (χ0n) is 11.1. The van der Waals surface area contributed by atoms with E-state index in [1.807, 2.05) is 7.05 Å². The number of nitrogens with one attached hydrogen (secondary N) is 1. The van der Waals surface area contributed by atoms with Crippen molar-refractivity contribution in [1.82, 2.24) is 14.9 Å². The quantitative estimate of drug-likeness (QED) is 0.876. The molecular weight excluding hydrogens is 210 g/mol. The smallest absolute Gasteiger partial charge is 0.127 e. The number of fused-ring (bicyclic) bond motifs is 1. The van der Waals surface area contributed by atoms with Crippen LogP contribution in [0.25, 0.3) is 11.0 Å². The molecule has 0 bridgehead atoms. The van der Waals surface area contributed by atoms with Crippen LogP contribution in [0.2, 0.25) is 0 Å². The van der Waals surface area contributed by atoms with Crippen LogP contribution in [0.3, 0.4) is 0 Å². The van der Waals surface area contributed by atoms with Gasteiger partial charge in [-0.25, -0.2) is 4.98 Å². The van der Waals surface area contributed by atoms with Crippen molar-refractivity contribution in [3.63, 3.8) is 0 Å². The zero-order chi connectivity index (χ0) is 12.4. The minimum absolute atomic E-state index is 0.336. The Labute approximate surface area is 103 Å². The van der Waals surface area contributed by atoms with Crippen molar-refractivity contribution < 1.29 is 0 Å².